The van der Waals surface area contributed by atoms with Gasteiger partial charge in [0.1, 0.15) is 0 Å². The van der Waals surface area contributed by atoms with Gasteiger partial charge in [0.05, 0.1) is 11.4 Å². The van der Waals surface area contributed by atoms with Gasteiger partial charge in [-0.3, -0.25) is 0 Å². The summed E-state index contributed by atoms with van der Waals surface area (Å²) in [5, 5.41) is 0. The van der Waals surface area contributed by atoms with Gasteiger partial charge in [0.2, 0.25) is 0 Å². The number of fused-ring (bicyclic) bond motifs is 4. The van der Waals surface area contributed by atoms with Gasteiger partial charge >= 0.3 is 0 Å². The Bertz CT molecular complexity index is 1760. The van der Waals surface area contributed by atoms with Crippen LogP contribution in [0, 0.1) is 0 Å². The van der Waals surface area contributed by atoms with Crippen LogP contribution < -0.4 is 4.90 Å². The first-order valence-electron chi connectivity index (χ1n) is 15.2. The number of benzene rings is 6. The second kappa shape index (κ2) is 10.2. The van der Waals surface area contributed by atoms with Crippen LogP contribution in [-0.4, -0.2) is 0 Å². The molecule has 6 aromatic rings. The van der Waals surface area contributed by atoms with Crippen molar-refractivity contribution in [1.82, 2.24) is 0 Å². The van der Waals surface area contributed by atoms with Crippen LogP contribution in [0.15, 0.2) is 152 Å². The third-order valence-corrected chi connectivity index (χ3v) is 9.41. The zero-order valence-electron chi connectivity index (χ0n) is 23.7. The molecule has 42 heavy (non-hydrogen) atoms. The van der Waals surface area contributed by atoms with E-state index in [2.05, 4.69) is 157 Å². The van der Waals surface area contributed by atoms with Crippen LogP contribution in [0.5, 0.6) is 0 Å². The van der Waals surface area contributed by atoms with E-state index in [0.717, 1.165) is 0 Å². The fourth-order valence-corrected chi connectivity index (χ4v) is 7.35. The Hall–Kier alpha value is -4.88. The average Bonchev–Trinajstić information content (AvgIpc) is 3.57. The molecule has 0 atom stereocenters. The predicted octanol–water partition coefficient (Wildman–Crippen LogP) is 11.3. The van der Waals surface area contributed by atoms with Crippen molar-refractivity contribution in [2.75, 3.05) is 4.90 Å². The summed E-state index contributed by atoms with van der Waals surface area (Å²) in [6.45, 7) is 0. The molecule has 202 valence electrons. The minimum atomic E-state index is 0.0146. The average molecular weight is 540 g/mol. The molecule has 0 aromatic heterocycles. The van der Waals surface area contributed by atoms with Gasteiger partial charge in [-0.05, 0) is 93.7 Å². The first-order chi connectivity index (χ1) is 20.8. The highest BCUT2D eigenvalue weighted by molar-refractivity contribution is 5.89. The van der Waals surface area contributed by atoms with Crippen molar-refractivity contribution in [3.05, 3.63) is 163 Å². The summed E-state index contributed by atoms with van der Waals surface area (Å²) in [6.07, 6.45) is 4.89. The molecule has 1 heteroatoms. The Labute approximate surface area is 248 Å². The second-order valence-corrected chi connectivity index (χ2v) is 11.7. The van der Waals surface area contributed by atoms with Crippen LogP contribution in [0.2, 0.25) is 0 Å². The largest absolute Gasteiger partial charge is 0.310 e. The lowest BCUT2D eigenvalue weighted by Crippen LogP contribution is -2.33. The highest BCUT2D eigenvalue weighted by atomic mass is 15.2. The van der Waals surface area contributed by atoms with Crippen LogP contribution in [0.1, 0.15) is 36.8 Å². The number of nitrogens with zero attached hydrogens (tertiary/aromatic N) is 1. The van der Waals surface area contributed by atoms with Crippen LogP contribution in [0.25, 0.3) is 33.4 Å². The van der Waals surface area contributed by atoms with E-state index in [-0.39, 0.29) is 5.41 Å². The second-order valence-electron chi connectivity index (χ2n) is 11.7. The summed E-state index contributed by atoms with van der Waals surface area (Å²) >= 11 is 0. The van der Waals surface area contributed by atoms with Crippen molar-refractivity contribution < 1.29 is 0 Å². The van der Waals surface area contributed by atoms with E-state index in [0.29, 0.717) is 0 Å². The molecule has 1 aliphatic heterocycles. The molecule has 0 unspecified atom stereocenters. The van der Waals surface area contributed by atoms with Crippen molar-refractivity contribution in [3.63, 3.8) is 0 Å². The van der Waals surface area contributed by atoms with E-state index in [1.807, 2.05) is 0 Å². The van der Waals surface area contributed by atoms with E-state index in [1.165, 1.54) is 87.3 Å². The first-order valence-corrected chi connectivity index (χ1v) is 15.2. The van der Waals surface area contributed by atoms with Crippen molar-refractivity contribution in [3.8, 4) is 33.4 Å². The summed E-state index contributed by atoms with van der Waals surface area (Å²) in [6, 6.07) is 55.8. The number of rotatable bonds is 4. The first kappa shape index (κ1) is 24.9. The van der Waals surface area contributed by atoms with Gasteiger partial charge in [-0.15, -0.1) is 0 Å². The maximum Gasteiger partial charge on any atom is 0.0503 e. The SMILES string of the molecule is c1ccc(-c2ccc(N3c4ccc(-c5ccccc5)cc4C4(CCCC4)c4cc(-c5ccccc5)ccc43)cc2)cc1. The molecule has 1 saturated carbocycles. The highest BCUT2D eigenvalue weighted by Gasteiger charge is 2.45. The van der Waals surface area contributed by atoms with Crippen LogP contribution in [0.3, 0.4) is 0 Å². The molecule has 0 bridgehead atoms. The Morgan fingerprint density at radius 2 is 0.762 bits per heavy atom. The van der Waals surface area contributed by atoms with Gasteiger partial charge in [0, 0.05) is 11.1 Å². The van der Waals surface area contributed by atoms with Gasteiger partial charge in [-0.2, -0.15) is 0 Å². The van der Waals surface area contributed by atoms with Gasteiger partial charge in [-0.1, -0.05) is 128 Å². The minimum absolute atomic E-state index is 0.0146. The van der Waals surface area contributed by atoms with E-state index >= 15 is 0 Å². The lowest BCUT2D eigenvalue weighted by molar-refractivity contribution is 0.530. The molecule has 0 radical (unpaired) electrons. The predicted molar refractivity (Wildman–Crippen MR) is 177 cm³/mol. The molecule has 0 saturated heterocycles. The molecule has 1 heterocycles. The maximum atomic E-state index is 2.51. The Kier molecular flexibility index (Phi) is 6.04. The Morgan fingerprint density at radius 3 is 1.21 bits per heavy atom. The summed E-state index contributed by atoms with van der Waals surface area (Å²) in [5.74, 6) is 0. The van der Waals surface area contributed by atoms with Crippen molar-refractivity contribution in [2.45, 2.75) is 31.1 Å². The minimum Gasteiger partial charge on any atom is -0.310 e. The molecule has 6 aromatic carbocycles. The molecule has 2 aliphatic rings. The maximum absolute atomic E-state index is 2.51. The normalized spacial score (nSPS) is 14.9. The van der Waals surface area contributed by atoms with Crippen LogP contribution in [0.4, 0.5) is 17.1 Å². The Balaban J connectivity index is 1.34. The third kappa shape index (κ3) is 4.08. The van der Waals surface area contributed by atoms with Crippen molar-refractivity contribution in [2.24, 2.45) is 0 Å². The van der Waals surface area contributed by atoms with Crippen molar-refractivity contribution in [1.29, 1.82) is 0 Å². The molecule has 0 N–H and O–H groups in total. The molecule has 8 rings (SSSR count). The molecule has 0 amide bonds. The van der Waals surface area contributed by atoms with Gasteiger partial charge in [-0.25, -0.2) is 0 Å². The van der Waals surface area contributed by atoms with Gasteiger partial charge in [0.25, 0.3) is 0 Å². The number of hydrogen-bond acceptors (Lipinski definition) is 1. The van der Waals surface area contributed by atoms with E-state index in [9.17, 15) is 0 Å². The number of anilines is 3. The van der Waals surface area contributed by atoms with Crippen LogP contribution >= 0.6 is 0 Å². The molecular weight excluding hydrogens is 506 g/mol. The van der Waals surface area contributed by atoms with Crippen molar-refractivity contribution >= 4 is 17.1 Å². The van der Waals surface area contributed by atoms with E-state index in [1.54, 1.807) is 0 Å². The highest BCUT2D eigenvalue weighted by Crippen LogP contribution is 2.59. The summed E-state index contributed by atoms with van der Waals surface area (Å²) in [5.41, 5.74) is 14.4. The fraction of sp³-hybridized carbons (Fsp3) is 0.122. The lowest BCUT2D eigenvalue weighted by Gasteiger charge is -2.44. The van der Waals surface area contributed by atoms with Gasteiger partial charge < -0.3 is 4.90 Å². The lowest BCUT2D eigenvalue weighted by atomic mass is 9.68. The monoisotopic (exact) mass is 539 g/mol. The standard InChI is InChI=1S/C41H33N/c1-4-12-30(13-5-1)33-18-22-36(23-19-33)42-39-24-20-34(31-14-6-2-7-15-31)28-37(39)41(26-10-11-27-41)38-29-35(21-25-40(38)42)32-16-8-3-9-17-32/h1-9,12-25,28-29H,10-11,26-27H2. The van der Waals surface area contributed by atoms with E-state index in [4.69, 9.17) is 0 Å². The summed E-state index contributed by atoms with van der Waals surface area (Å²) in [7, 11) is 0. The molecular formula is C41H33N. The third-order valence-electron chi connectivity index (χ3n) is 9.41. The fourth-order valence-electron chi connectivity index (χ4n) is 7.35. The molecule has 1 nitrogen and oxygen atoms in total. The number of hydrogen-bond donors (Lipinski definition) is 0. The molecule has 1 fully saturated rings. The Morgan fingerprint density at radius 1 is 0.381 bits per heavy atom. The quantitative estimate of drug-likeness (QED) is 0.215. The van der Waals surface area contributed by atoms with Crippen LogP contribution in [-0.2, 0) is 5.41 Å². The zero-order valence-corrected chi connectivity index (χ0v) is 23.7. The van der Waals surface area contributed by atoms with E-state index < -0.39 is 0 Å². The van der Waals surface area contributed by atoms with Gasteiger partial charge in [0.15, 0.2) is 0 Å². The molecule has 1 spiro atoms. The molecule has 1 aliphatic carbocycles. The summed E-state index contributed by atoms with van der Waals surface area (Å²) < 4.78 is 0. The summed E-state index contributed by atoms with van der Waals surface area (Å²) in [4.78, 5) is 2.51. The smallest absolute Gasteiger partial charge is 0.0503 e. The topological polar surface area (TPSA) is 3.24 Å². The zero-order chi connectivity index (χ0) is 27.9.